The van der Waals surface area contributed by atoms with Gasteiger partial charge < -0.3 is 10.6 Å². The van der Waals surface area contributed by atoms with Crippen molar-refractivity contribution in [3.63, 3.8) is 0 Å². The molecular weight excluding hydrogens is 236 g/mol. The molecule has 0 aliphatic carbocycles. The van der Waals surface area contributed by atoms with Crippen molar-refractivity contribution in [1.29, 1.82) is 0 Å². The summed E-state index contributed by atoms with van der Waals surface area (Å²) < 4.78 is 0. The van der Waals surface area contributed by atoms with Gasteiger partial charge in [-0.15, -0.1) is 0 Å². The van der Waals surface area contributed by atoms with Gasteiger partial charge >= 0.3 is 0 Å². The van der Waals surface area contributed by atoms with Crippen molar-refractivity contribution < 1.29 is 4.79 Å². The van der Waals surface area contributed by atoms with Gasteiger partial charge in [-0.2, -0.15) is 0 Å². The number of carbonyl (C=O) groups excluding carboxylic acids is 1. The summed E-state index contributed by atoms with van der Waals surface area (Å²) in [5.41, 5.74) is 7.63. The number of hydrogen-bond acceptors (Lipinski definition) is 2. The Morgan fingerprint density at radius 1 is 1.37 bits per heavy atom. The third-order valence-corrected chi connectivity index (χ3v) is 3.61. The average molecular weight is 262 g/mol. The fourth-order valence-corrected chi connectivity index (χ4v) is 2.25. The van der Waals surface area contributed by atoms with Gasteiger partial charge in [0.15, 0.2) is 0 Å². The highest BCUT2D eigenvalue weighted by atomic mass is 16.2. The first-order valence-electron chi connectivity index (χ1n) is 7.20. The van der Waals surface area contributed by atoms with Crippen LogP contribution in [0.15, 0.2) is 24.3 Å². The Bertz CT molecular complexity index is 403. The van der Waals surface area contributed by atoms with Crippen molar-refractivity contribution >= 4 is 11.6 Å². The number of nitrogens with two attached hydrogens (primary N) is 1. The van der Waals surface area contributed by atoms with E-state index in [0.29, 0.717) is 6.54 Å². The van der Waals surface area contributed by atoms with E-state index >= 15 is 0 Å². The number of anilines is 1. The summed E-state index contributed by atoms with van der Waals surface area (Å²) in [7, 11) is 1.85. The molecule has 0 fully saturated rings. The molecule has 1 aromatic carbocycles. The van der Waals surface area contributed by atoms with Gasteiger partial charge in [0.05, 0.1) is 0 Å². The molecule has 1 unspecified atom stereocenters. The summed E-state index contributed by atoms with van der Waals surface area (Å²) in [4.78, 5) is 14.2. The predicted octanol–water partition coefficient (Wildman–Crippen LogP) is 3.32. The molecule has 0 saturated carbocycles. The normalized spacial score (nSPS) is 12.2. The van der Waals surface area contributed by atoms with Gasteiger partial charge in [0.25, 0.3) is 0 Å². The Morgan fingerprint density at radius 2 is 2.11 bits per heavy atom. The topological polar surface area (TPSA) is 46.3 Å². The Balaban J connectivity index is 2.78. The minimum atomic E-state index is 0.131. The fraction of sp³-hybridized carbons (Fsp3) is 0.562. The van der Waals surface area contributed by atoms with Gasteiger partial charge in [-0.1, -0.05) is 38.8 Å². The quantitative estimate of drug-likeness (QED) is 0.819. The van der Waals surface area contributed by atoms with Crippen LogP contribution in [0.25, 0.3) is 0 Å². The maximum atomic E-state index is 12.5. The van der Waals surface area contributed by atoms with Crippen molar-refractivity contribution in [3.8, 4) is 0 Å². The first-order valence-corrected chi connectivity index (χ1v) is 7.20. The van der Waals surface area contributed by atoms with E-state index < -0.39 is 0 Å². The Labute approximate surface area is 116 Å². The smallest absolute Gasteiger partial charge is 0.229 e. The lowest BCUT2D eigenvalue weighted by molar-refractivity contribution is -0.122. The Hall–Kier alpha value is -1.35. The van der Waals surface area contributed by atoms with Crippen LogP contribution >= 0.6 is 0 Å². The molecule has 0 bridgehead atoms. The maximum absolute atomic E-state index is 12.5. The van der Waals surface area contributed by atoms with Crippen molar-refractivity contribution in [1.82, 2.24) is 0 Å². The zero-order valence-electron chi connectivity index (χ0n) is 12.4. The predicted molar refractivity (Wildman–Crippen MR) is 81.0 cm³/mol. The zero-order valence-corrected chi connectivity index (χ0v) is 12.4. The van der Waals surface area contributed by atoms with Crippen LogP contribution in [-0.4, -0.2) is 13.0 Å². The van der Waals surface area contributed by atoms with Crippen LogP contribution in [0.4, 0.5) is 5.69 Å². The van der Waals surface area contributed by atoms with E-state index in [1.165, 1.54) is 0 Å². The van der Waals surface area contributed by atoms with Crippen LogP contribution in [0.5, 0.6) is 0 Å². The number of nitrogens with zero attached hydrogens (tertiary/aromatic N) is 1. The first kappa shape index (κ1) is 15.7. The van der Waals surface area contributed by atoms with Crippen molar-refractivity contribution in [2.75, 3.05) is 11.9 Å². The number of carbonyl (C=O) groups is 1. The van der Waals surface area contributed by atoms with E-state index in [9.17, 15) is 4.79 Å². The molecule has 0 aliphatic rings. The van der Waals surface area contributed by atoms with Crippen LogP contribution in [0.2, 0.25) is 0 Å². The van der Waals surface area contributed by atoms with Crippen LogP contribution in [0, 0.1) is 5.92 Å². The Morgan fingerprint density at radius 3 is 2.68 bits per heavy atom. The molecule has 106 valence electrons. The standard InChI is InChI=1S/C16H26N2O/c1-4-6-9-14(5-2)16(19)18(3)15-10-7-8-13(11-15)12-17/h7-8,10-11,14H,4-6,9,12,17H2,1-3H3. The second-order valence-electron chi connectivity index (χ2n) is 5.02. The minimum absolute atomic E-state index is 0.131. The molecule has 1 aromatic rings. The van der Waals surface area contributed by atoms with Crippen molar-refractivity contribution in [2.24, 2.45) is 11.7 Å². The van der Waals surface area contributed by atoms with Crippen LogP contribution in [-0.2, 0) is 11.3 Å². The molecule has 0 radical (unpaired) electrons. The Kier molecular flexibility index (Phi) is 6.57. The monoisotopic (exact) mass is 262 g/mol. The van der Waals surface area contributed by atoms with E-state index in [0.717, 1.165) is 36.9 Å². The van der Waals surface area contributed by atoms with Gasteiger partial charge in [-0.3, -0.25) is 4.79 Å². The van der Waals surface area contributed by atoms with Gasteiger partial charge in [0.1, 0.15) is 0 Å². The summed E-state index contributed by atoms with van der Waals surface area (Å²) in [6, 6.07) is 7.89. The lowest BCUT2D eigenvalue weighted by atomic mass is 9.97. The van der Waals surface area contributed by atoms with E-state index in [4.69, 9.17) is 5.73 Å². The molecule has 3 nitrogen and oxygen atoms in total. The van der Waals surface area contributed by atoms with Gasteiger partial charge in [-0.05, 0) is 30.5 Å². The fourth-order valence-electron chi connectivity index (χ4n) is 2.25. The molecular formula is C16H26N2O. The maximum Gasteiger partial charge on any atom is 0.229 e. The molecule has 19 heavy (non-hydrogen) atoms. The summed E-state index contributed by atoms with van der Waals surface area (Å²) in [5.74, 6) is 0.344. The molecule has 1 amide bonds. The largest absolute Gasteiger partial charge is 0.326 e. The molecule has 0 spiro atoms. The van der Waals surface area contributed by atoms with E-state index in [2.05, 4.69) is 13.8 Å². The van der Waals surface area contributed by atoms with E-state index in [-0.39, 0.29) is 11.8 Å². The van der Waals surface area contributed by atoms with Crippen molar-refractivity contribution in [2.45, 2.75) is 46.1 Å². The number of amides is 1. The molecule has 2 N–H and O–H groups in total. The first-order chi connectivity index (χ1) is 9.13. The van der Waals surface area contributed by atoms with Crippen molar-refractivity contribution in [3.05, 3.63) is 29.8 Å². The number of rotatable bonds is 7. The third kappa shape index (κ3) is 4.35. The summed E-state index contributed by atoms with van der Waals surface area (Å²) in [6.45, 7) is 4.75. The second kappa shape index (κ2) is 7.95. The summed E-state index contributed by atoms with van der Waals surface area (Å²) in [6.07, 6.45) is 4.13. The third-order valence-electron chi connectivity index (χ3n) is 3.61. The van der Waals surface area contributed by atoms with Gasteiger partial charge in [-0.25, -0.2) is 0 Å². The van der Waals surface area contributed by atoms with Crippen LogP contribution < -0.4 is 10.6 Å². The SMILES string of the molecule is CCCCC(CC)C(=O)N(C)c1cccc(CN)c1. The molecule has 0 aromatic heterocycles. The molecule has 0 saturated heterocycles. The summed E-state index contributed by atoms with van der Waals surface area (Å²) >= 11 is 0. The number of benzene rings is 1. The molecule has 1 rings (SSSR count). The lowest BCUT2D eigenvalue weighted by Gasteiger charge is -2.23. The van der Waals surface area contributed by atoms with Gasteiger partial charge in [0, 0.05) is 25.2 Å². The summed E-state index contributed by atoms with van der Waals surface area (Å²) in [5, 5.41) is 0. The lowest BCUT2D eigenvalue weighted by Crippen LogP contribution is -2.32. The zero-order chi connectivity index (χ0) is 14.3. The van der Waals surface area contributed by atoms with E-state index in [1.54, 1.807) is 4.90 Å². The molecule has 3 heteroatoms. The molecule has 1 atom stereocenters. The molecule has 0 aliphatic heterocycles. The number of unbranched alkanes of at least 4 members (excludes halogenated alkanes) is 1. The highest BCUT2D eigenvalue weighted by Gasteiger charge is 2.20. The van der Waals surface area contributed by atoms with Crippen LogP contribution in [0.3, 0.4) is 0 Å². The second-order valence-corrected chi connectivity index (χ2v) is 5.02. The highest BCUT2D eigenvalue weighted by molar-refractivity contribution is 5.94. The highest BCUT2D eigenvalue weighted by Crippen LogP contribution is 2.21. The van der Waals surface area contributed by atoms with E-state index in [1.807, 2.05) is 31.3 Å². The number of hydrogen-bond donors (Lipinski definition) is 1. The average Bonchev–Trinajstić information content (AvgIpc) is 2.47. The van der Waals surface area contributed by atoms with Crippen LogP contribution in [0.1, 0.15) is 45.1 Å². The molecule has 0 heterocycles. The van der Waals surface area contributed by atoms with Gasteiger partial charge in [0.2, 0.25) is 5.91 Å². The minimum Gasteiger partial charge on any atom is -0.326 e.